The molecule has 1 aliphatic carbocycles. The molecule has 1 saturated heterocycles. The number of nitrogens with zero attached hydrogens (tertiary/aromatic N) is 2. The number of hydrogen-bond donors (Lipinski definition) is 0. The Hall–Kier alpha value is -2.88. The number of carbonyl (C=O) groups excluding carboxylic acids is 2. The van der Waals surface area contributed by atoms with Crippen LogP contribution in [0.5, 0.6) is 0 Å². The standard InChI is InChI=1S/C23H24N2O2/c26-20-12-7-13-21(27)22(20)23-24(16-18-8-3-1-4-9-18)14-15-25(23)17-19-10-5-2-6-11-19/h1-6,8-11H,7,12-17H2. The maximum Gasteiger partial charge on any atom is 0.170 e. The molecule has 2 fully saturated rings. The predicted molar refractivity (Wildman–Crippen MR) is 105 cm³/mol. The number of Topliss-reactive ketones (excluding diaryl/α,β-unsaturated/α-hetero) is 2. The SMILES string of the molecule is O=C1CCCC(=O)C1=C1N(Cc2ccccc2)CCN1Cc1ccccc1. The molecule has 4 nitrogen and oxygen atoms in total. The molecule has 0 unspecified atom stereocenters. The molecule has 1 aliphatic heterocycles. The van der Waals surface area contributed by atoms with E-state index in [1.165, 1.54) is 11.1 Å². The summed E-state index contributed by atoms with van der Waals surface area (Å²) in [6.45, 7) is 3.07. The fourth-order valence-corrected chi connectivity index (χ4v) is 3.95. The molecule has 2 aromatic rings. The molecule has 0 amide bonds. The van der Waals surface area contributed by atoms with Gasteiger partial charge in [-0.25, -0.2) is 0 Å². The van der Waals surface area contributed by atoms with E-state index < -0.39 is 0 Å². The summed E-state index contributed by atoms with van der Waals surface area (Å²) in [4.78, 5) is 29.7. The van der Waals surface area contributed by atoms with Gasteiger partial charge in [0, 0.05) is 39.0 Å². The van der Waals surface area contributed by atoms with Crippen molar-refractivity contribution in [3.05, 3.63) is 83.2 Å². The lowest BCUT2D eigenvalue weighted by Crippen LogP contribution is -2.31. The molecule has 2 aromatic carbocycles. The minimum absolute atomic E-state index is 0.000673. The average molecular weight is 360 g/mol. The highest BCUT2D eigenvalue weighted by molar-refractivity contribution is 6.22. The third-order valence-corrected chi connectivity index (χ3v) is 5.26. The molecular weight excluding hydrogens is 336 g/mol. The van der Waals surface area contributed by atoms with Crippen LogP contribution in [0.25, 0.3) is 0 Å². The monoisotopic (exact) mass is 360 g/mol. The van der Waals surface area contributed by atoms with E-state index in [4.69, 9.17) is 0 Å². The van der Waals surface area contributed by atoms with E-state index in [0.717, 1.165) is 18.9 Å². The summed E-state index contributed by atoms with van der Waals surface area (Å²) in [5.41, 5.74) is 2.80. The third-order valence-electron chi connectivity index (χ3n) is 5.26. The van der Waals surface area contributed by atoms with Crippen LogP contribution in [-0.2, 0) is 22.7 Å². The van der Waals surface area contributed by atoms with E-state index in [0.29, 0.717) is 37.9 Å². The topological polar surface area (TPSA) is 40.6 Å². The van der Waals surface area contributed by atoms with Gasteiger partial charge in [0.05, 0.1) is 0 Å². The number of allylic oxidation sites excluding steroid dienone is 1. The maximum absolute atomic E-state index is 12.7. The summed E-state index contributed by atoms with van der Waals surface area (Å²) in [6.07, 6.45) is 1.62. The molecule has 4 heteroatoms. The van der Waals surface area contributed by atoms with Crippen molar-refractivity contribution in [1.82, 2.24) is 9.80 Å². The van der Waals surface area contributed by atoms with Gasteiger partial charge >= 0.3 is 0 Å². The zero-order chi connectivity index (χ0) is 18.6. The molecule has 1 heterocycles. The van der Waals surface area contributed by atoms with Gasteiger partial charge in [-0.05, 0) is 17.5 Å². The minimum atomic E-state index is -0.000673. The number of rotatable bonds is 4. The molecule has 0 N–H and O–H groups in total. The number of carbonyl (C=O) groups is 2. The number of hydrogen-bond acceptors (Lipinski definition) is 4. The first kappa shape index (κ1) is 17.5. The summed E-state index contributed by atoms with van der Waals surface area (Å²) in [7, 11) is 0. The molecule has 0 bridgehead atoms. The van der Waals surface area contributed by atoms with Gasteiger partial charge in [0.15, 0.2) is 11.6 Å². The van der Waals surface area contributed by atoms with E-state index >= 15 is 0 Å². The van der Waals surface area contributed by atoms with E-state index in [2.05, 4.69) is 34.1 Å². The Morgan fingerprint density at radius 1 is 0.667 bits per heavy atom. The van der Waals surface area contributed by atoms with E-state index in [1.807, 2.05) is 36.4 Å². The van der Waals surface area contributed by atoms with Gasteiger partial charge in [-0.3, -0.25) is 9.59 Å². The van der Waals surface area contributed by atoms with Crippen LogP contribution >= 0.6 is 0 Å². The zero-order valence-corrected chi connectivity index (χ0v) is 15.4. The van der Waals surface area contributed by atoms with Crippen molar-refractivity contribution in [2.75, 3.05) is 13.1 Å². The summed E-state index contributed by atoms with van der Waals surface area (Å²) in [5.74, 6) is 0.830. The van der Waals surface area contributed by atoms with Crippen LogP contribution in [0, 0.1) is 0 Å². The summed E-state index contributed by atoms with van der Waals surface area (Å²) in [6, 6.07) is 20.5. The zero-order valence-electron chi connectivity index (χ0n) is 15.4. The van der Waals surface area contributed by atoms with Gasteiger partial charge in [-0.1, -0.05) is 60.7 Å². The predicted octanol–water partition coefficient (Wildman–Crippen LogP) is 3.54. The van der Waals surface area contributed by atoms with Crippen LogP contribution in [-0.4, -0.2) is 34.5 Å². The molecule has 0 atom stereocenters. The average Bonchev–Trinajstić information content (AvgIpc) is 3.05. The van der Waals surface area contributed by atoms with Crippen LogP contribution in [0.15, 0.2) is 72.1 Å². The Kier molecular flexibility index (Phi) is 5.05. The smallest absolute Gasteiger partial charge is 0.170 e. The Balaban J connectivity index is 1.69. The molecule has 27 heavy (non-hydrogen) atoms. The van der Waals surface area contributed by atoms with Gasteiger partial charge in [-0.15, -0.1) is 0 Å². The Bertz CT molecular complexity index is 789. The van der Waals surface area contributed by atoms with Gasteiger partial charge in [0.2, 0.25) is 0 Å². The molecule has 138 valence electrons. The van der Waals surface area contributed by atoms with Gasteiger partial charge < -0.3 is 9.80 Å². The van der Waals surface area contributed by atoms with Crippen molar-refractivity contribution in [1.29, 1.82) is 0 Å². The first-order chi connectivity index (χ1) is 13.2. The lowest BCUT2D eigenvalue weighted by atomic mass is 9.91. The Morgan fingerprint density at radius 3 is 1.56 bits per heavy atom. The van der Waals surface area contributed by atoms with E-state index in [9.17, 15) is 9.59 Å². The highest BCUT2D eigenvalue weighted by Crippen LogP contribution is 2.30. The highest BCUT2D eigenvalue weighted by atomic mass is 16.2. The van der Waals surface area contributed by atoms with Gasteiger partial charge in [0.25, 0.3) is 0 Å². The van der Waals surface area contributed by atoms with Crippen LogP contribution in [0.4, 0.5) is 0 Å². The molecular formula is C23H24N2O2. The normalized spacial score (nSPS) is 17.8. The second kappa shape index (κ2) is 7.78. The molecule has 2 aliphatic rings. The van der Waals surface area contributed by atoms with Crippen molar-refractivity contribution in [3.63, 3.8) is 0 Å². The maximum atomic E-state index is 12.7. The van der Waals surface area contributed by atoms with Crippen LogP contribution in [0.3, 0.4) is 0 Å². The van der Waals surface area contributed by atoms with Gasteiger partial charge in [0.1, 0.15) is 11.4 Å². The second-order valence-electron chi connectivity index (χ2n) is 7.21. The van der Waals surface area contributed by atoms with Crippen LogP contribution in [0.2, 0.25) is 0 Å². The van der Waals surface area contributed by atoms with Crippen LogP contribution in [0.1, 0.15) is 30.4 Å². The molecule has 0 radical (unpaired) electrons. The molecule has 1 saturated carbocycles. The molecule has 4 rings (SSSR count). The Labute approximate surface area is 160 Å². The second-order valence-corrected chi connectivity index (χ2v) is 7.21. The largest absolute Gasteiger partial charge is 0.351 e. The summed E-state index contributed by atoms with van der Waals surface area (Å²) in [5, 5.41) is 0. The quantitative estimate of drug-likeness (QED) is 0.618. The molecule has 0 spiro atoms. The van der Waals surface area contributed by atoms with E-state index in [-0.39, 0.29) is 11.6 Å². The highest BCUT2D eigenvalue weighted by Gasteiger charge is 2.35. The van der Waals surface area contributed by atoms with Crippen molar-refractivity contribution >= 4 is 11.6 Å². The first-order valence-corrected chi connectivity index (χ1v) is 9.61. The van der Waals surface area contributed by atoms with Crippen molar-refractivity contribution in [2.45, 2.75) is 32.4 Å². The fraction of sp³-hybridized carbons (Fsp3) is 0.304. The molecule has 0 aromatic heterocycles. The number of ketones is 2. The lowest BCUT2D eigenvalue weighted by Gasteiger charge is -2.28. The van der Waals surface area contributed by atoms with Crippen LogP contribution < -0.4 is 0 Å². The van der Waals surface area contributed by atoms with Crippen molar-refractivity contribution < 1.29 is 9.59 Å². The number of benzene rings is 2. The summed E-state index contributed by atoms with van der Waals surface area (Å²) < 4.78 is 0. The van der Waals surface area contributed by atoms with Gasteiger partial charge in [-0.2, -0.15) is 0 Å². The lowest BCUT2D eigenvalue weighted by molar-refractivity contribution is -0.124. The van der Waals surface area contributed by atoms with E-state index in [1.54, 1.807) is 0 Å². The Morgan fingerprint density at radius 2 is 1.11 bits per heavy atom. The summed E-state index contributed by atoms with van der Waals surface area (Å²) >= 11 is 0. The van der Waals surface area contributed by atoms with Crippen molar-refractivity contribution in [2.24, 2.45) is 0 Å². The van der Waals surface area contributed by atoms with Crippen molar-refractivity contribution in [3.8, 4) is 0 Å². The third kappa shape index (κ3) is 3.80. The minimum Gasteiger partial charge on any atom is -0.351 e. The fourth-order valence-electron chi connectivity index (χ4n) is 3.95. The first-order valence-electron chi connectivity index (χ1n) is 9.61.